The maximum atomic E-state index is 13.4. The number of nitrogens with zero attached hydrogens (tertiary/aromatic N) is 3. The van der Waals surface area contributed by atoms with Gasteiger partial charge in [-0.25, -0.2) is 4.79 Å². The predicted octanol–water partition coefficient (Wildman–Crippen LogP) is 3.59. The van der Waals surface area contributed by atoms with Gasteiger partial charge in [-0.15, -0.1) is 0 Å². The van der Waals surface area contributed by atoms with Crippen LogP contribution < -0.4 is 0 Å². The van der Waals surface area contributed by atoms with E-state index in [1.54, 1.807) is 7.05 Å². The van der Waals surface area contributed by atoms with Crippen LogP contribution in [0, 0.1) is 18.3 Å². The third-order valence-corrected chi connectivity index (χ3v) is 8.08. The Bertz CT molecular complexity index is 924. The van der Waals surface area contributed by atoms with Crippen molar-refractivity contribution in [3.8, 4) is 0 Å². The van der Waals surface area contributed by atoms with E-state index in [9.17, 15) is 19.5 Å². The first-order chi connectivity index (χ1) is 15.1. The Hall–Kier alpha value is -2.28. The SMILES string of the molecule is Cc1cc([C@H]2CN(C(=O)C3CCN(C(=O)C4(C)CC4)CC3)C[C@@H]2N(C)C(=O)O)ccc1Cl. The maximum Gasteiger partial charge on any atom is 0.407 e. The average Bonchev–Trinajstić information content (AvgIpc) is 3.38. The first-order valence-corrected chi connectivity index (χ1v) is 11.8. The molecule has 0 spiro atoms. The van der Waals surface area contributed by atoms with E-state index in [-0.39, 0.29) is 35.1 Å². The number of hydrogen-bond donors (Lipinski definition) is 1. The summed E-state index contributed by atoms with van der Waals surface area (Å²) in [5.74, 6) is 0.0812. The molecule has 4 rings (SSSR count). The third-order valence-electron chi connectivity index (χ3n) is 7.66. The molecule has 0 aromatic heterocycles. The van der Waals surface area contributed by atoms with Crippen molar-refractivity contribution in [3.63, 3.8) is 0 Å². The number of likely N-dealkylation sites (N-methyl/N-ethyl adjacent to an activating group) is 1. The fraction of sp³-hybridized carbons (Fsp3) is 0.625. The Morgan fingerprint density at radius 2 is 1.78 bits per heavy atom. The Morgan fingerprint density at radius 1 is 1.12 bits per heavy atom. The van der Waals surface area contributed by atoms with Gasteiger partial charge in [-0.1, -0.05) is 30.7 Å². The second-order valence-corrected chi connectivity index (χ2v) is 10.4. The maximum absolute atomic E-state index is 13.4. The van der Waals surface area contributed by atoms with Crippen LogP contribution in [0.15, 0.2) is 18.2 Å². The smallest absolute Gasteiger partial charge is 0.407 e. The molecule has 8 heteroatoms. The zero-order valence-corrected chi connectivity index (χ0v) is 19.8. The first-order valence-electron chi connectivity index (χ1n) is 11.4. The number of rotatable bonds is 4. The Morgan fingerprint density at radius 3 is 2.34 bits per heavy atom. The highest BCUT2D eigenvalue weighted by molar-refractivity contribution is 6.31. The number of aryl methyl sites for hydroxylation is 1. The molecule has 0 unspecified atom stereocenters. The van der Waals surface area contributed by atoms with Gasteiger partial charge >= 0.3 is 6.09 Å². The molecule has 2 aliphatic heterocycles. The molecular weight excluding hydrogens is 430 g/mol. The summed E-state index contributed by atoms with van der Waals surface area (Å²) < 4.78 is 0. The highest BCUT2D eigenvalue weighted by atomic mass is 35.5. The second kappa shape index (κ2) is 8.58. The van der Waals surface area contributed by atoms with Crippen molar-refractivity contribution in [2.75, 3.05) is 33.2 Å². The van der Waals surface area contributed by atoms with Gasteiger partial charge in [0.15, 0.2) is 0 Å². The van der Waals surface area contributed by atoms with Crippen molar-refractivity contribution in [1.29, 1.82) is 0 Å². The summed E-state index contributed by atoms with van der Waals surface area (Å²) in [6, 6.07) is 5.45. The molecule has 1 aromatic rings. The molecule has 32 heavy (non-hydrogen) atoms. The summed E-state index contributed by atoms with van der Waals surface area (Å²) in [5.41, 5.74) is 1.76. The fourth-order valence-electron chi connectivity index (χ4n) is 5.10. The fourth-order valence-corrected chi connectivity index (χ4v) is 5.22. The lowest BCUT2D eigenvalue weighted by Crippen LogP contribution is -2.46. The lowest BCUT2D eigenvalue weighted by Gasteiger charge is -2.34. The summed E-state index contributed by atoms with van der Waals surface area (Å²) >= 11 is 6.19. The summed E-state index contributed by atoms with van der Waals surface area (Å²) in [7, 11) is 1.57. The molecule has 174 valence electrons. The number of carboxylic acid groups (broad SMARTS) is 1. The van der Waals surface area contributed by atoms with E-state index in [1.807, 2.05) is 41.8 Å². The van der Waals surface area contributed by atoms with Crippen LogP contribution >= 0.6 is 11.6 Å². The molecule has 3 amide bonds. The van der Waals surface area contributed by atoms with Crippen LogP contribution in [0.3, 0.4) is 0 Å². The lowest BCUT2D eigenvalue weighted by molar-refractivity contribution is -0.142. The van der Waals surface area contributed by atoms with Gasteiger partial charge in [-0.05, 0) is 49.8 Å². The lowest BCUT2D eigenvalue weighted by atomic mass is 9.92. The van der Waals surface area contributed by atoms with E-state index in [2.05, 4.69) is 0 Å². The van der Waals surface area contributed by atoms with Gasteiger partial charge in [-0.3, -0.25) is 9.59 Å². The minimum absolute atomic E-state index is 0.0757. The van der Waals surface area contributed by atoms with E-state index in [0.717, 1.165) is 24.0 Å². The van der Waals surface area contributed by atoms with Gasteiger partial charge in [0, 0.05) is 55.5 Å². The molecule has 0 bridgehead atoms. The molecule has 2 saturated heterocycles. The Balaban J connectivity index is 1.45. The summed E-state index contributed by atoms with van der Waals surface area (Å²) in [5, 5.41) is 10.3. The van der Waals surface area contributed by atoms with Crippen LogP contribution in [0.1, 0.15) is 49.7 Å². The number of benzene rings is 1. The Labute approximate surface area is 194 Å². The molecule has 1 aliphatic carbocycles. The second-order valence-electron chi connectivity index (χ2n) is 9.95. The highest BCUT2D eigenvalue weighted by Gasteiger charge is 2.48. The molecule has 2 atom stereocenters. The standard InChI is InChI=1S/C24H32ClN3O4/c1-15-12-17(4-5-19(15)25)18-13-28(14-20(18)26(3)23(31)32)21(29)16-6-10-27(11-7-16)22(30)24(2)8-9-24/h4-5,12,16,18,20H,6-11,13-14H2,1-3H3,(H,31,32)/t18-,20+/m1/s1. The number of halogens is 1. The van der Waals surface area contributed by atoms with Gasteiger partial charge in [0.1, 0.15) is 0 Å². The van der Waals surface area contributed by atoms with Gasteiger partial charge in [-0.2, -0.15) is 0 Å². The number of piperidine rings is 1. The number of amides is 3. The zero-order chi connectivity index (χ0) is 23.2. The first kappa shape index (κ1) is 22.9. The van der Waals surface area contributed by atoms with Crippen molar-refractivity contribution < 1.29 is 19.5 Å². The largest absolute Gasteiger partial charge is 0.465 e. The van der Waals surface area contributed by atoms with Crippen LogP contribution in [0.25, 0.3) is 0 Å². The van der Waals surface area contributed by atoms with Crippen LogP contribution in [0.4, 0.5) is 4.79 Å². The summed E-state index contributed by atoms with van der Waals surface area (Å²) in [4.78, 5) is 42.7. The van der Waals surface area contributed by atoms with Crippen molar-refractivity contribution in [3.05, 3.63) is 34.3 Å². The molecule has 2 heterocycles. The number of likely N-dealkylation sites (tertiary alicyclic amines) is 2. The van der Waals surface area contributed by atoms with Crippen molar-refractivity contribution >= 4 is 29.5 Å². The van der Waals surface area contributed by atoms with Gasteiger partial charge in [0.2, 0.25) is 11.8 Å². The highest BCUT2D eigenvalue weighted by Crippen LogP contribution is 2.47. The molecule has 1 N–H and O–H groups in total. The summed E-state index contributed by atoms with van der Waals surface area (Å²) in [6.45, 7) is 6.06. The molecule has 7 nitrogen and oxygen atoms in total. The number of carbonyl (C=O) groups is 3. The zero-order valence-electron chi connectivity index (χ0n) is 19.0. The van der Waals surface area contributed by atoms with Crippen molar-refractivity contribution in [1.82, 2.24) is 14.7 Å². The van der Waals surface area contributed by atoms with E-state index in [0.29, 0.717) is 44.0 Å². The topological polar surface area (TPSA) is 81.2 Å². The van der Waals surface area contributed by atoms with Crippen LogP contribution in [0.2, 0.25) is 5.02 Å². The molecular formula is C24H32ClN3O4. The van der Waals surface area contributed by atoms with E-state index in [1.165, 1.54) is 4.90 Å². The van der Waals surface area contributed by atoms with E-state index in [4.69, 9.17) is 11.6 Å². The predicted molar refractivity (Wildman–Crippen MR) is 122 cm³/mol. The average molecular weight is 462 g/mol. The van der Waals surface area contributed by atoms with Crippen LogP contribution in [-0.2, 0) is 9.59 Å². The van der Waals surface area contributed by atoms with Gasteiger partial charge in [0.25, 0.3) is 0 Å². The molecule has 3 aliphatic rings. The molecule has 1 aromatic carbocycles. The van der Waals surface area contributed by atoms with E-state index < -0.39 is 6.09 Å². The Kier molecular flexibility index (Phi) is 6.14. The minimum Gasteiger partial charge on any atom is -0.465 e. The molecule has 0 radical (unpaired) electrons. The van der Waals surface area contributed by atoms with E-state index >= 15 is 0 Å². The van der Waals surface area contributed by atoms with Gasteiger partial charge < -0.3 is 19.8 Å². The summed E-state index contributed by atoms with van der Waals surface area (Å²) in [6.07, 6.45) is 2.26. The monoisotopic (exact) mass is 461 g/mol. The normalized spacial score (nSPS) is 25.0. The van der Waals surface area contributed by atoms with Crippen molar-refractivity contribution in [2.24, 2.45) is 11.3 Å². The van der Waals surface area contributed by atoms with Crippen molar-refractivity contribution in [2.45, 2.75) is 51.5 Å². The van der Waals surface area contributed by atoms with Gasteiger partial charge in [0.05, 0.1) is 6.04 Å². The minimum atomic E-state index is -1.000. The molecule has 3 fully saturated rings. The molecule has 1 saturated carbocycles. The quantitative estimate of drug-likeness (QED) is 0.742. The number of hydrogen-bond acceptors (Lipinski definition) is 3. The van der Waals surface area contributed by atoms with Crippen LogP contribution in [0.5, 0.6) is 0 Å². The van der Waals surface area contributed by atoms with Crippen LogP contribution in [-0.4, -0.2) is 77.0 Å². The third kappa shape index (κ3) is 4.32. The number of carbonyl (C=O) groups excluding carboxylic acids is 2.